The molecule has 0 spiro atoms. The lowest BCUT2D eigenvalue weighted by molar-refractivity contribution is -0.387. The highest BCUT2D eigenvalue weighted by molar-refractivity contribution is 7.98. The van der Waals surface area contributed by atoms with Gasteiger partial charge >= 0.3 is 5.97 Å². The van der Waals surface area contributed by atoms with Crippen molar-refractivity contribution in [3.05, 3.63) is 52.1 Å². The number of nitro groups is 1. The van der Waals surface area contributed by atoms with Crippen molar-refractivity contribution in [3.63, 3.8) is 0 Å². The molecule has 0 saturated carbocycles. The van der Waals surface area contributed by atoms with Gasteiger partial charge in [0.25, 0.3) is 11.6 Å². The van der Waals surface area contributed by atoms with Crippen LogP contribution in [-0.4, -0.2) is 42.4 Å². The monoisotopic (exact) mass is 418 g/mol. The minimum Gasteiger partial charge on any atom is -0.486 e. The van der Waals surface area contributed by atoms with Crippen LogP contribution in [0.25, 0.3) is 0 Å². The van der Waals surface area contributed by atoms with Crippen LogP contribution in [0.5, 0.6) is 11.5 Å². The second-order valence-corrected chi connectivity index (χ2v) is 6.89. The van der Waals surface area contributed by atoms with Crippen LogP contribution in [0.4, 0.5) is 11.4 Å². The molecule has 152 valence electrons. The normalized spacial score (nSPS) is 13.3. The number of anilines is 1. The summed E-state index contributed by atoms with van der Waals surface area (Å²) in [5.41, 5.74) is 0.260. The van der Waals surface area contributed by atoms with Crippen molar-refractivity contribution in [2.45, 2.75) is 17.9 Å². The largest absolute Gasteiger partial charge is 0.486 e. The summed E-state index contributed by atoms with van der Waals surface area (Å²) < 4.78 is 16.0. The summed E-state index contributed by atoms with van der Waals surface area (Å²) in [5.74, 6) is -0.278. The quantitative estimate of drug-likeness (QED) is 0.329. The average molecular weight is 418 g/mol. The number of fused-ring (bicyclic) bond motifs is 1. The third-order valence-electron chi connectivity index (χ3n) is 4.07. The van der Waals surface area contributed by atoms with Gasteiger partial charge in [-0.1, -0.05) is 0 Å². The van der Waals surface area contributed by atoms with E-state index in [-0.39, 0.29) is 11.3 Å². The summed E-state index contributed by atoms with van der Waals surface area (Å²) in [7, 11) is 0. The summed E-state index contributed by atoms with van der Waals surface area (Å²) in [4.78, 5) is 35.7. The van der Waals surface area contributed by atoms with Crippen LogP contribution < -0.4 is 14.8 Å². The molecule has 0 saturated heterocycles. The number of nitro benzene ring substituents is 1. The number of hydrogen-bond donors (Lipinski definition) is 1. The fourth-order valence-electron chi connectivity index (χ4n) is 2.61. The molecule has 2 aromatic rings. The SMILES string of the molecule is CSc1ccc(C(=O)OC(C)C(=O)Nc2ccc3c(c2)OCCO3)cc1[N+](=O)[O-]. The molecule has 0 fully saturated rings. The molecule has 1 amide bonds. The van der Waals surface area contributed by atoms with Gasteiger partial charge in [-0.2, -0.15) is 0 Å². The number of amides is 1. The van der Waals surface area contributed by atoms with Crippen molar-refractivity contribution in [1.29, 1.82) is 0 Å². The molecule has 0 aromatic heterocycles. The lowest BCUT2D eigenvalue weighted by Crippen LogP contribution is -2.30. The van der Waals surface area contributed by atoms with E-state index in [9.17, 15) is 19.7 Å². The van der Waals surface area contributed by atoms with Gasteiger partial charge in [0.05, 0.1) is 15.4 Å². The van der Waals surface area contributed by atoms with Crippen molar-refractivity contribution < 1.29 is 28.7 Å². The molecule has 1 atom stereocenters. The number of nitrogens with zero attached hydrogens (tertiary/aromatic N) is 1. The van der Waals surface area contributed by atoms with E-state index in [0.29, 0.717) is 35.3 Å². The number of hydrogen-bond acceptors (Lipinski definition) is 8. The average Bonchev–Trinajstić information content (AvgIpc) is 2.72. The van der Waals surface area contributed by atoms with Crippen LogP contribution in [0, 0.1) is 10.1 Å². The lowest BCUT2D eigenvalue weighted by atomic mass is 10.2. The molecule has 10 heteroatoms. The van der Waals surface area contributed by atoms with Gasteiger partial charge in [0.1, 0.15) is 13.2 Å². The fraction of sp³-hybridized carbons (Fsp3) is 0.263. The van der Waals surface area contributed by atoms with E-state index in [1.807, 2.05) is 0 Å². The Bertz CT molecular complexity index is 964. The number of ether oxygens (including phenoxy) is 3. The van der Waals surface area contributed by atoms with Gasteiger partial charge in [-0.3, -0.25) is 14.9 Å². The predicted octanol–water partition coefficient (Wildman–Crippen LogP) is 3.27. The Kier molecular flexibility index (Phi) is 6.23. The van der Waals surface area contributed by atoms with Crippen LogP contribution >= 0.6 is 11.8 Å². The maximum atomic E-state index is 12.4. The second kappa shape index (κ2) is 8.82. The molecule has 1 N–H and O–H groups in total. The zero-order valence-corrected chi connectivity index (χ0v) is 16.5. The van der Waals surface area contributed by atoms with Gasteiger partial charge in [0.15, 0.2) is 17.6 Å². The highest BCUT2D eigenvalue weighted by Gasteiger charge is 2.23. The number of carbonyl (C=O) groups is 2. The summed E-state index contributed by atoms with van der Waals surface area (Å²) in [6.07, 6.45) is 0.583. The van der Waals surface area contributed by atoms with Crippen LogP contribution in [0.3, 0.4) is 0 Å². The standard InChI is InChI=1S/C19H18N2O7S/c1-11(18(22)20-13-4-5-15-16(10-13)27-8-7-26-15)28-19(23)12-3-6-17(29-2)14(9-12)21(24)25/h3-6,9-11H,7-8H2,1-2H3,(H,20,22). The maximum absolute atomic E-state index is 12.4. The van der Waals surface area contributed by atoms with E-state index < -0.39 is 22.9 Å². The molecule has 9 nitrogen and oxygen atoms in total. The number of benzene rings is 2. The topological polar surface area (TPSA) is 117 Å². The third kappa shape index (κ3) is 4.77. The molecule has 1 aliphatic heterocycles. The van der Waals surface area contributed by atoms with E-state index in [1.54, 1.807) is 24.5 Å². The van der Waals surface area contributed by atoms with E-state index in [1.165, 1.54) is 30.8 Å². The van der Waals surface area contributed by atoms with Crippen molar-refractivity contribution in [1.82, 2.24) is 0 Å². The Balaban J connectivity index is 1.65. The number of esters is 1. The smallest absolute Gasteiger partial charge is 0.339 e. The van der Waals surface area contributed by atoms with E-state index in [0.717, 1.165) is 6.07 Å². The Morgan fingerprint density at radius 2 is 1.90 bits per heavy atom. The first-order valence-corrected chi connectivity index (χ1v) is 9.85. The first-order valence-electron chi connectivity index (χ1n) is 8.63. The molecule has 29 heavy (non-hydrogen) atoms. The van der Waals surface area contributed by atoms with E-state index >= 15 is 0 Å². The summed E-state index contributed by atoms with van der Waals surface area (Å²) in [5, 5.41) is 13.8. The zero-order valence-electron chi connectivity index (χ0n) is 15.7. The van der Waals surface area contributed by atoms with Gasteiger partial charge < -0.3 is 19.5 Å². The van der Waals surface area contributed by atoms with Gasteiger partial charge in [0.2, 0.25) is 0 Å². The molecule has 1 aliphatic rings. The van der Waals surface area contributed by atoms with Gasteiger partial charge in [-0.05, 0) is 37.4 Å². The highest BCUT2D eigenvalue weighted by atomic mass is 32.2. The first-order chi connectivity index (χ1) is 13.9. The molecule has 1 heterocycles. The van der Waals surface area contributed by atoms with Crippen LogP contribution in [0.2, 0.25) is 0 Å². The Morgan fingerprint density at radius 1 is 1.17 bits per heavy atom. The van der Waals surface area contributed by atoms with Crippen molar-refractivity contribution in [3.8, 4) is 11.5 Å². The minimum absolute atomic E-state index is 0.00604. The fourth-order valence-corrected chi connectivity index (χ4v) is 3.15. The van der Waals surface area contributed by atoms with Gasteiger partial charge in [-0.15, -0.1) is 11.8 Å². The number of rotatable bonds is 6. The highest BCUT2D eigenvalue weighted by Crippen LogP contribution is 2.32. The Morgan fingerprint density at radius 3 is 2.59 bits per heavy atom. The second-order valence-electron chi connectivity index (χ2n) is 6.04. The molecular weight excluding hydrogens is 400 g/mol. The Hall–Kier alpha value is -3.27. The number of carbonyl (C=O) groups excluding carboxylic acids is 2. The van der Waals surface area contributed by atoms with Crippen LogP contribution in [0.1, 0.15) is 17.3 Å². The molecule has 0 radical (unpaired) electrons. The summed E-state index contributed by atoms with van der Waals surface area (Å²) in [6, 6.07) is 8.97. The summed E-state index contributed by atoms with van der Waals surface area (Å²) in [6.45, 7) is 2.29. The zero-order chi connectivity index (χ0) is 21.0. The summed E-state index contributed by atoms with van der Waals surface area (Å²) >= 11 is 1.20. The van der Waals surface area contributed by atoms with Crippen molar-refractivity contribution in [2.75, 3.05) is 24.8 Å². The van der Waals surface area contributed by atoms with E-state index in [4.69, 9.17) is 14.2 Å². The van der Waals surface area contributed by atoms with Crippen molar-refractivity contribution in [2.24, 2.45) is 0 Å². The minimum atomic E-state index is -1.12. The predicted molar refractivity (Wildman–Crippen MR) is 106 cm³/mol. The first kappa shape index (κ1) is 20.5. The maximum Gasteiger partial charge on any atom is 0.339 e. The molecular formula is C19H18N2O7S. The molecule has 2 aromatic carbocycles. The van der Waals surface area contributed by atoms with Crippen LogP contribution in [-0.2, 0) is 9.53 Å². The molecule has 0 aliphatic carbocycles. The molecule has 1 unspecified atom stereocenters. The molecule has 0 bridgehead atoms. The lowest BCUT2D eigenvalue weighted by Gasteiger charge is -2.19. The van der Waals surface area contributed by atoms with Crippen molar-refractivity contribution >= 4 is 35.0 Å². The third-order valence-corrected chi connectivity index (χ3v) is 4.86. The van der Waals surface area contributed by atoms with E-state index in [2.05, 4.69) is 5.32 Å². The van der Waals surface area contributed by atoms with Gasteiger partial charge in [0, 0.05) is 17.8 Å². The number of thioether (sulfide) groups is 1. The Labute approximate surface area is 170 Å². The molecule has 3 rings (SSSR count). The number of nitrogens with one attached hydrogen (secondary N) is 1. The van der Waals surface area contributed by atoms with Crippen LogP contribution in [0.15, 0.2) is 41.3 Å². The van der Waals surface area contributed by atoms with Gasteiger partial charge in [-0.25, -0.2) is 4.79 Å².